The zero-order valence-electron chi connectivity index (χ0n) is 15.5. The summed E-state index contributed by atoms with van der Waals surface area (Å²) in [5.41, 5.74) is 5.05. The van der Waals surface area contributed by atoms with Crippen LogP contribution in [0.1, 0.15) is 34.1 Å². The summed E-state index contributed by atoms with van der Waals surface area (Å²) in [6.45, 7) is 4.68. The molecule has 27 heavy (non-hydrogen) atoms. The van der Waals surface area contributed by atoms with Gasteiger partial charge in [0.25, 0.3) is 5.91 Å². The van der Waals surface area contributed by atoms with E-state index in [1.807, 2.05) is 37.3 Å². The van der Waals surface area contributed by atoms with Gasteiger partial charge in [-0.2, -0.15) is 0 Å². The Morgan fingerprint density at radius 1 is 1.11 bits per heavy atom. The molecule has 5 heteroatoms. The molecule has 1 aliphatic heterocycles. The number of carbonyl (C=O) groups is 1. The van der Waals surface area contributed by atoms with Crippen molar-refractivity contribution in [3.8, 4) is 0 Å². The molecule has 1 atom stereocenters. The Bertz CT molecular complexity index is 951. The number of carbonyl (C=O) groups excluding carboxylic acids is 1. The minimum absolute atomic E-state index is 0.218. The number of anilines is 2. The fourth-order valence-electron chi connectivity index (χ4n) is 3.46. The van der Waals surface area contributed by atoms with Gasteiger partial charge in [0.2, 0.25) is 0 Å². The van der Waals surface area contributed by atoms with Crippen molar-refractivity contribution >= 4 is 17.4 Å². The lowest BCUT2D eigenvalue weighted by molar-refractivity contribution is 0.0945. The Hall–Kier alpha value is -3.21. The first-order chi connectivity index (χ1) is 13.1. The largest absolute Gasteiger partial charge is 0.347 e. The van der Waals surface area contributed by atoms with E-state index in [9.17, 15) is 4.79 Å². The van der Waals surface area contributed by atoms with Gasteiger partial charge in [0, 0.05) is 18.3 Å². The summed E-state index contributed by atoms with van der Waals surface area (Å²) in [7, 11) is 0. The van der Waals surface area contributed by atoms with Gasteiger partial charge in [0.05, 0.1) is 12.4 Å². The highest BCUT2D eigenvalue weighted by molar-refractivity contribution is 5.92. The first kappa shape index (κ1) is 17.2. The van der Waals surface area contributed by atoms with Crippen LogP contribution >= 0.6 is 0 Å². The Morgan fingerprint density at radius 3 is 2.63 bits per heavy atom. The number of para-hydroxylation sites is 1. The van der Waals surface area contributed by atoms with Gasteiger partial charge >= 0.3 is 0 Å². The lowest BCUT2D eigenvalue weighted by Crippen LogP contribution is -2.26. The number of hydrogen-bond donors (Lipinski definition) is 1. The molecule has 4 rings (SSSR count). The molecule has 0 spiro atoms. The molecule has 2 aromatic carbocycles. The summed E-state index contributed by atoms with van der Waals surface area (Å²) < 4.78 is 0. The molecule has 3 aromatic rings. The molecular formula is C22H22N4O. The highest BCUT2D eigenvalue weighted by Crippen LogP contribution is 2.36. The van der Waals surface area contributed by atoms with Crippen molar-refractivity contribution < 1.29 is 4.79 Å². The van der Waals surface area contributed by atoms with E-state index in [1.54, 1.807) is 12.4 Å². The van der Waals surface area contributed by atoms with Crippen LogP contribution in [-0.4, -0.2) is 21.9 Å². The molecule has 1 N–H and O–H groups in total. The van der Waals surface area contributed by atoms with E-state index >= 15 is 0 Å². The zero-order valence-corrected chi connectivity index (χ0v) is 15.5. The van der Waals surface area contributed by atoms with Gasteiger partial charge < -0.3 is 10.2 Å². The van der Waals surface area contributed by atoms with Crippen molar-refractivity contribution in [2.75, 3.05) is 4.90 Å². The van der Waals surface area contributed by atoms with Gasteiger partial charge in [0.15, 0.2) is 5.82 Å². The molecule has 0 fully saturated rings. The second-order valence-corrected chi connectivity index (χ2v) is 6.98. The Morgan fingerprint density at radius 2 is 1.89 bits per heavy atom. The monoisotopic (exact) mass is 358 g/mol. The van der Waals surface area contributed by atoms with Crippen molar-refractivity contribution in [2.45, 2.75) is 32.9 Å². The van der Waals surface area contributed by atoms with Crippen LogP contribution in [0.3, 0.4) is 0 Å². The number of amides is 1. The van der Waals surface area contributed by atoms with Crippen LogP contribution < -0.4 is 10.2 Å². The first-order valence-electron chi connectivity index (χ1n) is 9.15. The maximum absolute atomic E-state index is 12.4. The number of nitrogens with one attached hydrogen (secondary N) is 1. The van der Waals surface area contributed by atoms with E-state index in [0.717, 1.165) is 23.5 Å². The predicted octanol–water partition coefficient (Wildman–Crippen LogP) is 3.80. The maximum atomic E-state index is 12.4. The number of nitrogens with zero attached hydrogens (tertiary/aromatic N) is 3. The number of benzene rings is 2. The van der Waals surface area contributed by atoms with Crippen molar-refractivity contribution in [3.05, 3.63) is 83.3 Å². The lowest BCUT2D eigenvalue weighted by atomic mass is 10.1. The third-order valence-electron chi connectivity index (χ3n) is 4.90. The van der Waals surface area contributed by atoms with Gasteiger partial charge in [-0.05, 0) is 37.5 Å². The minimum atomic E-state index is -0.218. The van der Waals surface area contributed by atoms with E-state index in [4.69, 9.17) is 0 Å². The van der Waals surface area contributed by atoms with Crippen molar-refractivity contribution in [1.29, 1.82) is 0 Å². The average Bonchev–Trinajstić information content (AvgIpc) is 3.03. The molecule has 0 bridgehead atoms. The number of aryl methyl sites for hydroxylation is 1. The maximum Gasteiger partial charge on any atom is 0.271 e. The number of fused-ring (bicyclic) bond motifs is 1. The standard InChI is InChI=1S/C22H22N4O/c1-15-7-9-17(10-8-15)12-25-22(27)19-13-24-21(14-23-19)26-16(2)11-18-5-3-4-6-20(18)26/h3-10,13-14,16H,11-12H2,1-2H3,(H,25,27). The highest BCUT2D eigenvalue weighted by atomic mass is 16.1. The molecule has 1 aliphatic rings. The first-order valence-corrected chi connectivity index (χ1v) is 9.15. The van der Waals surface area contributed by atoms with Crippen molar-refractivity contribution in [1.82, 2.24) is 15.3 Å². The second-order valence-electron chi connectivity index (χ2n) is 6.98. The summed E-state index contributed by atoms with van der Waals surface area (Å²) in [4.78, 5) is 23.4. The van der Waals surface area contributed by atoms with Crippen LogP contribution in [-0.2, 0) is 13.0 Å². The molecule has 136 valence electrons. The van der Waals surface area contributed by atoms with E-state index in [-0.39, 0.29) is 5.91 Å². The van der Waals surface area contributed by atoms with E-state index in [2.05, 4.69) is 45.3 Å². The summed E-state index contributed by atoms with van der Waals surface area (Å²) in [6, 6.07) is 16.7. The normalized spacial score (nSPS) is 15.5. The Kier molecular flexibility index (Phi) is 4.59. The van der Waals surface area contributed by atoms with Crippen LogP contribution in [0, 0.1) is 6.92 Å². The second kappa shape index (κ2) is 7.19. The molecule has 5 nitrogen and oxygen atoms in total. The molecular weight excluding hydrogens is 336 g/mol. The van der Waals surface area contributed by atoms with Gasteiger partial charge in [-0.25, -0.2) is 9.97 Å². The summed E-state index contributed by atoms with van der Waals surface area (Å²) in [5, 5.41) is 2.89. The Balaban J connectivity index is 1.46. The van der Waals surface area contributed by atoms with Crippen LogP contribution in [0.4, 0.5) is 11.5 Å². The van der Waals surface area contributed by atoms with E-state index < -0.39 is 0 Å². The van der Waals surface area contributed by atoms with Crippen LogP contribution in [0.15, 0.2) is 60.9 Å². The number of hydrogen-bond acceptors (Lipinski definition) is 4. The van der Waals surface area contributed by atoms with Gasteiger partial charge in [-0.15, -0.1) is 0 Å². The third-order valence-corrected chi connectivity index (χ3v) is 4.90. The topological polar surface area (TPSA) is 58.1 Å². The quantitative estimate of drug-likeness (QED) is 0.771. The molecule has 0 aliphatic carbocycles. The fourth-order valence-corrected chi connectivity index (χ4v) is 3.46. The minimum Gasteiger partial charge on any atom is -0.347 e. The van der Waals surface area contributed by atoms with Crippen LogP contribution in [0.25, 0.3) is 0 Å². The summed E-state index contributed by atoms with van der Waals surface area (Å²) >= 11 is 0. The molecule has 0 radical (unpaired) electrons. The molecule has 2 heterocycles. The molecule has 1 amide bonds. The predicted molar refractivity (Wildman–Crippen MR) is 106 cm³/mol. The molecule has 1 unspecified atom stereocenters. The molecule has 0 saturated heterocycles. The average molecular weight is 358 g/mol. The zero-order chi connectivity index (χ0) is 18.8. The highest BCUT2D eigenvalue weighted by Gasteiger charge is 2.27. The smallest absolute Gasteiger partial charge is 0.271 e. The fraction of sp³-hybridized carbons (Fsp3) is 0.227. The Labute approximate surface area is 159 Å². The third kappa shape index (κ3) is 3.53. The van der Waals surface area contributed by atoms with E-state index in [1.165, 1.54) is 11.1 Å². The summed E-state index contributed by atoms with van der Waals surface area (Å²) in [5.74, 6) is 0.548. The van der Waals surface area contributed by atoms with Crippen LogP contribution in [0.5, 0.6) is 0 Å². The SMILES string of the molecule is Cc1ccc(CNC(=O)c2cnc(N3c4ccccc4CC3C)cn2)cc1. The van der Waals surface area contributed by atoms with Gasteiger partial charge in [-0.3, -0.25) is 4.79 Å². The van der Waals surface area contributed by atoms with E-state index in [0.29, 0.717) is 18.3 Å². The van der Waals surface area contributed by atoms with Crippen molar-refractivity contribution in [2.24, 2.45) is 0 Å². The van der Waals surface area contributed by atoms with Crippen LogP contribution in [0.2, 0.25) is 0 Å². The number of aromatic nitrogens is 2. The lowest BCUT2D eigenvalue weighted by Gasteiger charge is -2.23. The van der Waals surface area contributed by atoms with Gasteiger partial charge in [-0.1, -0.05) is 48.0 Å². The molecule has 1 aromatic heterocycles. The molecule has 0 saturated carbocycles. The number of rotatable bonds is 4. The van der Waals surface area contributed by atoms with Crippen molar-refractivity contribution in [3.63, 3.8) is 0 Å². The summed E-state index contributed by atoms with van der Waals surface area (Å²) in [6.07, 6.45) is 4.21. The van der Waals surface area contributed by atoms with Gasteiger partial charge in [0.1, 0.15) is 5.69 Å².